The largest absolute Gasteiger partial charge is 0.367 e. The van der Waals surface area contributed by atoms with E-state index < -0.39 is 21.5 Å². The number of nitrogens with one attached hydrogen (secondary N) is 4. The number of carbonyl (C=O) groups excluding carboxylic acids is 1. The maximum atomic E-state index is 12.2. The summed E-state index contributed by atoms with van der Waals surface area (Å²) in [5.41, 5.74) is 11.8. The average molecular weight is 403 g/mol. The van der Waals surface area contributed by atoms with E-state index in [1.807, 2.05) is 6.92 Å². The first-order valence-corrected chi connectivity index (χ1v) is 10.1. The van der Waals surface area contributed by atoms with Gasteiger partial charge in [-0.15, -0.1) is 0 Å². The van der Waals surface area contributed by atoms with Gasteiger partial charge in [-0.05, 0) is 37.6 Å². The third-order valence-corrected chi connectivity index (χ3v) is 5.46. The number of nitrogens with two attached hydrogens (primary N) is 1. The number of anilines is 2. The number of rotatable bonds is 7. The van der Waals surface area contributed by atoms with E-state index in [0.717, 1.165) is 5.69 Å². The molecule has 1 aromatic heterocycles. The molecule has 1 atom stereocenters. The molecule has 2 heterocycles. The van der Waals surface area contributed by atoms with Gasteiger partial charge in [0.1, 0.15) is 11.6 Å². The van der Waals surface area contributed by atoms with Crippen LogP contribution in [0.25, 0.3) is 0 Å². The van der Waals surface area contributed by atoms with E-state index in [-0.39, 0.29) is 5.75 Å². The monoisotopic (exact) mass is 403 g/mol. The van der Waals surface area contributed by atoms with Crippen LogP contribution in [0, 0.1) is 6.92 Å². The molecule has 6 N–H and O–H groups in total. The van der Waals surface area contributed by atoms with Gasteiger partial charge >= 0.3 is 0 Å². The highest BCUT2D eigenvalue weighted by Crippen LogP contribution is 2.28. The topological polar surface area (TPSA) is 151 Å². The van der Waals surface area contributed by atoms with Crippen molar-refractivity contribution in [1.29, 1.82) is 0 Å². The molecule has 0 saturated heterocycles. The highest BCUT2D eigenvalue weighted by atomic mass is 32.2. The van der Waals surface area contributed by atoms with Crippen molar-refractivity contribution in [2.45, 2.75) is 19.4 Å². The van der Waals surface area contributed by atoms with Gasteiger partial charge in [-0.1, -0.05) is 12.1 Å². The fourth-order valence-electron chi connectivity index (χ4n) is 2.67. The Bertz CT molecular complexity index is 1020. The molecule has 1 aromatic carbocycles. The minimum Gasteiger partial charge on any atom is -0.367 e. The number of primary amides is 1. The molecule has 0 spiro atoms. The zero-order valence-corrected chi connectivity index (χ0v) is 16.2. The van der Waals surface area contributed by atoms with E-state index in [9.17, 15) is 13.2 Å². The molecular formula is C17H21N7O3S. The van der Waals surface area contributed by atoms with Crippen LogP contribution in [0.3, 0.4) is 0 Å². The first kappa shape index (κ1) is 19.6. The minimum absolute atomic E-state index is 0.0366. The number of hydrogen-bond acceptors (Lipinski definition) is 8. The normalized spacial score (nSPS) is 18.9. The number of nitrogens with zero attached hydrogens (tertiary/aromatic N) is 2. The van der Waals surface area contributed by atoms with Crippen LogP contribution < -0.4 is 26.6 Å². The van der Waals surface area contributed by atoms with Crippen LogP contribution >= 0.6 is 0 Å². The number of sulfonamides is 1. The van der Waals surface area contributed by atoms with E-state index in [2.05, 4.69) is 30.9 Å². The van der Waals surface area contributed by atoms with Gasteiger partial charge in [0.15, 0.2) is 5.54 Å². The molecule has 0 radical (unpaired) electrons. The molecule has 11 heteroatoms. The van der Waals surface area contributed by atoms with E-state index in [0.29, 0.717) is 22.9 Å². The van der Waals surface area contributed by atoms with E-state index in [1.54, 1.807) is 49.7 Å². The molecular weight excluding hydrogens is 382 g/mol. The molecule has 3 rings (SSSR count). The fourth-order valence-corrected chi connectivity index (χ4v) is 3.31. The Labute approximate surface area is 162 Å². The summed E-state index contributed by atoms with van der Waals surface area (Å²) in [7, 11) is -3.39. The molecule has 1 aliphatic rings. The number of benzene rings is 1. The lowest BCUT2D eigenvalue weighted by Crippen LogP contribution is -2.51. The summed E-state index contributed by atoms with van der Waals surface area (Å²) < 4.78 is 25.8. The van der Waals surface area contributed by atoms with Crippen LogP contribution in [-0.4, -0.2) is 30.0 Å². The Morgan fingerprint density at radius 2 is 1.96 bits per heavy atom. The summed E-state index contributed by atoms with van der Waals surface area (Å²) >= 11 is 0. The predicted octanol–water partition coefficient (Wildman–Crippen LogP) is 0.289. The van der Waals surface area contributed by atoms with E-state index in [1.165, 1.54) is 0 Å². The van der Waals surface area contributed by atoms with Gasteiger partial charge < -0.3 is 16.5 Å². The molecule has 148 valence electrons. The molecule has 0 saturated carbocycles. The number of carbonyl (C=O) groups is 1. The second-order valence-electron chi connectivity index (χ2n) is 6.23. The maximum absolute atomic E-state index is 12.2. The Balaban J connectivity index is 1.87. The highest BCUT2D eigenvalue weighted by Gasteiger charge is 2.41. The van der Waals surface area contributed by atoms with Crippen molar-refractivity contribution in [1.82, 2.24) is 20.8 Å². The van der Waals surface area contributed by atoms with Gasteiger partial charge in [0.25, 0.3) is 0 Å². The third kappa shape index (κ3) is 4.05. The smallest absolute Gasteiger partial charge is 0.248 e. The molecule has 1 amide bonds. The van der Waals surface area contributed by atoms with Gasteiger partial charge in [-0.3, -0.25) is 14.5 Å². The standard InChI is InChI=1S/C17H21N7O3S/c1-3-28(26,27)23-13-6-4-12(5-7-13)17(16(18)25)8-14(22-24-17)21-15-10-19-9-11(2)20-15/h4-10,22-24H,3H2,1-2H3,(H2,18,25)(H,20,21). The zero-order chi connectivity index (χ0) is 20.4. The molecule has 0 aliphatic carbocycles. The number of hydrogen-bond donors (Lipinski definition) is 5. The van der Waals surface area contributed by atoms with Crippen LogP contribution in [0.4, 0.5) is 11.5 Å². The number of amides is 1. The van der Waals surface area contributed by atoms with Gasteiger partial charge in [-0.2, -0.15) is 0 Å². The minimum atomic E-state index is -3.39. The highest BCUT2D eigenvalue weighted by molar-refractivity contribution is 7.92. The van der Waals surface area contributed by atoms with Gasteiger partial charge in [0.2, 0.25) is 15.9 Å². The van der Waals surface area contributed by atoms with Crippen molar-refractivity contribution in [2.24, 2.45) is 5.73 Å². The quantitative estimate of drug-likeness (QED) is 0.442. The second kappa shape index (κ2) is 7.44. The average Bonchev–Trinajstić information content (AvgIpc) is 3.07. The summed E-state index contributed by atoms with van der Waals surface area (Å²) in [5.74, 6) is 0.319. The van der Waals surface area contributed by atoms with Crippen molar-refractivity contribution < 1.29 is 13.2 Å². The van der Waals surface area contributed by atoms with Gasteiger partial charge in [0.05, 0.1) is 17.6 Å². The molecule has 1 aliphatic heterocycles. The van der Waals surface area contributed by atoms with Gasteiger partial charge in [0, 0.05) is 11.9 Å². The summed E-state index contributed by atoms with van der Waals surface area (Å²) in [6.45, 7) is 3.36. The first-order chi connectivity index (χ1) is 13.2. The van der Waals surface area contributed by atoms with Crippen molar-refractivity contribution in [3.8, 4) is 0 Å². The Morgan fingerprint density at radius 3 is 2.57 bits per heavy atom. The number of aryl methyl sites for hydroxylation is 1. The van der Waals surface area contributed by atoms with Crippen LogP contribution in [-0.2, 0) is 20.4 Å². The number of aromatic nitrogens is 2. The second-order valence-corrected chi connectivity index (χ2v) is 8.24. The van der Waals surface area contributed by atoms with E-state index >= 15 is 0 Å². The van der Waals surface area contributed by atoms with Crippen molar-refractivity contribution in [2.75, 3.05) is 15.8 Å². The zero-order valence-electron chi connectivity index (χ0n) is 15.4. The molecule has 0 fully saturated rings. The van der Waals surface area contributed by atoms with Crippen LogP contribution in [0.15, 0.2) is 48.6 Å². The van der Waals surface area contributed by atoms with Crippen LogP contribution in [0.1, 0.15) is 18.2 Å². The summed E-state index contributed by atoms with van der Waals surface area (Å²) in [6, 6.07) is 6.39. The SMILES string of the molecule is CCS(=O)(=O)Nc1ccc(C2(C(N)=O)C=C(Nc3cncc(C)n3)NN2)cc1. The van der Waals surface area contributed by atoms with Crippen LogP contribution in [0.2, 0.25) is 0 Å². The Kier molecular flexibility index (Phi) is 5.21. The van der Waals surface area contributed by atoms with E-state index in [4.69, 9.17) is 5.73 Å². The lowest BCUT2D eigenvalue weighted by atomic mass is 9.90. The molecule has 2 aromatic rings. The fraction of sp³-hybridized carbons (Fsp3) is 0.235. The van der Waals surface area contributed by atoms with Crippen molar-refractivity contribution in [3.63, 3.8) is 0 Å². The van der Waals surface area contributed by atoms with Gasteiger partial charge in [-0.25, -0.2) is 18.8 Å². The lowest BCUT2D eigenvalue weighted by Gasteiger charge is -2.24. The molecule has 1 unspecified atom stereocenters. The van der Waals surface area contributed by atoms with Crippen molar-refractivity contribution >= 4 is 27.4 Å². The number of hydrazine groups is 1. The molecule has 28 heavy (non-hydrogen) atoms. The summed E-state index contributed by atoms with van der Waals surface area (Å²) in [4.78, 5) is 20.6. The summed E-state index contributed by atoms with van der Waals surface area (Å²) in [5, 5.41) is 3.03. The maximum Gasteiger partial charge on any atom is 0.248 e. The molecule has 10 nitrogen and oxygen atoms in total. The van der Waals surface area contributed by atoms with Crippen molar-refractivity contribution in [3.05, 3.63) is 59.8 Å². The predicted molar refractivity (Wildman–Crippen MR) is 105 cm³/mol. The first-order valence-electron chi connectivity index (χ1n) is 8.47. The summed E-state index contributed by atoms with van der Waals surface area (Å²) in [6.07, 6.45) is 4.78. The molecule has 0 bridgehead atoms. The lowest BCUT2D eigenvalue weighted by molar-refractivity contribution is -0.122. The van der Waals surface area contributed by atoms with Crippen LogP contribution in [0.5, 0.6) is 0 Å². The Morgan fingerprint density at radius 1 is 1.25 bits per heavy atom. The Hall–Kier alpha value is -3.18. The third-order valence-electron chi connectivity index (χ3n) is 4.16.